The molecule has 82 valence electrons. The van der Waals surface area contributed by atoms with E-state index < -0.39 is 0 Å². The van der Waals surface area contributed by atoms with E-state index in [1.54, 1.807) is 6.07 Å². The summed E-state index contributed by atoms with van der Waals surface area (Å²) < 4.78 is 0.777. The molecular formula is C12H14BrClO. The van der Waals surface area contributed by atoms with E-state index in [0.29, 0.717) is 10.6 Å². The van der Waals surface area contributed by atoms with Crippen LogP contribution in [0.5, 0.6) is 0 Å². The van der Waals surface area contributed by atoms with Gasteiger partial charge in [-0.3, -0.25) is 4.79 Å². The summed E-state index contributed by atoms with van der Waals surface area (Å²) in [5, 5.41) is 0.519. The molecule has 0 aromatic heterocycles. The number of benzene rings is 1. The van der Waals surface area contributed by atoms with Crippen molar-refractivity contribution in [1.82, 2.24) is 0 Å². The maximum atomic E-state index is 12.0. The van der Waals surface area contributed by atoms with E-state index in [1.807, 2.05) is 19.1 Å². The van der Waals surface area contributed by atoms with Gasteiger partial charge >= 0.3 is 0 Å². The topological polar surface area (TPSA) is 17.1 Å². The largest absolute Gasteiger partial charge is 0.294 e. The quantitative estimate of drug-likeness (QED) is 0.733. The first kappa shape index (κ1) is 12.7. The molecular weight excluding hydrogens is 275 g/mol. The van der Waals surface area contributed by atoms with Gasteiger partial charge in [-0.05, 0) is 34.5 Å². The minimum atomic E-state index is 0.0433. The van der Waals surface area contributed by atoms with Gasteiger partial charge in [0.1, 0.15) is 0 Å². The first-order valence-corrected chi connectivity index (χ1v) is 6.23. The molecule has 0 bridgehead atoms. The van der Waals surface area contributed by atoms with Crippen LogP contribution in [0.1, 0.15) is 37.0 Å². The minimum absolute atomic E-state index is 0.0433. The lowest BCUT2D eigenvalue weighted by Gasteiger charge is -2.10. The van der Waals surface area contributed by atoms with Gasteiger partial charge in [0, 0.05) is 16.0 Å². The lowest BCUT2D eigenvalue weighted by Crippen LogP contribution is -2.11. The van der Waals surface area contributed by atoms with Crippen LogP contribution in [0.15, 0.2) is 22.7 Å². The van der Waals surface area contributed by atoms with Crippen molar-refractivity contribution in [2.75, 3.05) is 0 Å². The van der Waals surface area contributed by atoms with Gasteiger partial charge in [-0.1, -0.05) is 37.9 Å². The summed E-state index contributed by atoms with van der Waals surface area (Å²) >= 11 is 9.38. The Kier molecular flexibility index (Phi) is 4.81. The molecule has 0 saturated carbocycles. The molecule has 1 atom stereocenters. The highest BCUT2D eigenvalue weighted by Gasteiger charge is 2.17. The fraction of sp³-hybridized carbons (Fsp3) is 0.417. The van der Waals surface area contributed by atoms with Crippen molar-refractivity contribution in [3.05, 3.63) is 33.3 Å². The van der Waals surface area contributed by atoms with E-state index in [1.165, 1.54) is 0 Å². The fourth-order valence-corrected chi connectivity index (χ4v) is 2.11. The average molecular weight is 290 g/mol. The summed E-state index contributed by atoms with van der Waals surface area (Å²) in [4.78, 5) is 12.0. The molecule has 3 heteroatoms. The average Bonchev–Trinajstić information content (AvgIpc) is 2.21. The van der Waals surface area contributed by atoms with Gasteiger partial charge in [0.2, 0.25) is 0 Å². The van der Waals surface area contributed by atoms with Gasteiger partial charge < -0.3 is 0 Å². The summed E-state index contributed by atoms with van der Waals surface area (Å²) in [5.74, 6) is 0.171. The molecule has 0 amide bonds. The standard InChI is InChI=1S/C12H14BrClO/c1-3-5-8(2)12(15)9-6-4-7-10(13)11(9)14/h4,6-8H,3,5H2,1-2H3. The van der Waals surface area contributed by atoms with E-state index >= 15 is 0 Å². The predicted molar refractivity (Wildman–Crippen MR) is 67.6 cm³/mol. The van der Waals surface area contributed by atoms with Crippen molar-refractivity contribution in [3.63, 3.8) is 0 Å². The molecule has 1 aromatic carbocycles. The molecule has 1 rings (SSSR count). The van der Waals surface area contributed by atoms with Crippen molar-refractivity contribution in [3.8, 4) is 0 Å². The molecule has 15 heavy (non-hydrogen) atoms. The first-order chi connectivity index (χ1) is 7.07. The Hall–Kier alpha value is -0.340. The van der Waals surface area contributed by atoms with Crippen molar-refractivity contribution < 1.29 is 4.79 Å². The smallest absolute Gasteiger partial charge is 0.167 e. The van der Waals surface area contributed by atoms with Crippen LogP contribution in [-0.2, 0) is 0 Å². The van der Waals surface area contributed by atoms with Gasteiger partial charge in [0.05, 0.1) is 5.02 Å². The predicted octanol–water partition coefficient (Wildman–Crippen LogP) is 4.72. The zero-order valence-electron chi connectivity index (χ0n) is 8.89. The summed E-state index contributed by atoms with van der Waals surface area (Å²) in [6, 6.07) is 5.45. The number of ketones is 1. The minimum Gasteiger partial charge on any atom is -0.294 e. The van der Waals surface area contributed by atoms with Gasteiger partial charge in [-0.15, -0.1) is 0 Å². The van der Waals surface area contributed by atoms with E-state index in [-0.39, 0.29) is 11.7 Å². The zero-order chi connectivity index (χ0) is 11.4. The zero-order valence-corrected chi connectivity index (χ0v) is 11.2. The molecule has 0 N–H and O–H groups in total. The van der Waals surface area contributed by atoms with E-state index in [9.17, 15) is 4.79 Å². The number of carbonyl (C=O) groups excluding carboxylic acids is 1. The number of hydrogen-bond acceptors (Lipinski definition) is 1. The van der Waals surface area contributed by atoms with Crippen LogP contribution in [-0.4, -0.2) is 5.78 Å². The Morgan fingerprint density at radius 3 is 2.80 bits per heavy atom. The summed E-state index contributed by atoms with van der Waals surface area (Å²) in [5.41, 5.74) is 0.618. The third-order valence-electron chi connectivity index (χ3n) is 2.39. The molecule has 1 aromatic rings. The van der Waals surface area contributed by atoms with Crippen molar-refractivity contribution >= 4 is 33.3 Å². The van der Waals surface area contributed by atoms with Crippen molar-refractivity contribution in [2.45, 2.75) is 26.7 Å². The maximum absolute atomic E-state index is 12.0. The number of Topliss-reactive ketones (excluding diaryl/α,β-unsaturated/α-hetero) is 1. The summed E-state index contributed by atoms with van der Waals surface area (Å²) in [6.07, 6.45) is 1.92. The molecule has 0 radical (unpaired) electrons. The third-order valence-corrected chi connectivity index (χ3v) is 3.68. The third kappa shape index (κ3) is 3.05. The molecule has 0 heterocycles. The van der Waals surface area contributed by atoms with Crippen LogP contribution in [0.25, 0.3) is 0 Å². The van der Waals surface area contributed by atoms with Crippen LogP contribution < -0.4 is 0 Å². The second kappa shape index (κ2) is 5.66. The van der Waals surface area contributed by atoms with E-state index in [2.05, 4.69) is 22.9 Å². The van der Waals surface area contributed by atoms with Crippen molar-refractivity contribution in [1.29, 1.82) is 0 Å². The second-order valence-corrected chi connectivity index (χ2v) is 4.89. The van der Waals surface area contributed by atoms with Gasteiger partial charge in [0.15, 0.2) is 5.78 Å². The number of carbonyl (C=O) groups is 1. The first-order valence-electron chi connectivity index (χ1n) is 5.06. The van der Waals surface area contributed by atoms with Crippen LogP contribution in [0.4, 0.5) is 0 Å². The molecule has 0 spiro atoms. The van der Waals surface area contributed by atoms with Crippen LogP contribution in [0.3, 0.4) is 0 Å². The van der Waals surface area contributed by atoms with Gasteiger partial charge in [0.25, 0.3) is 0 Å². The van der Waals surface area contributed by atoms with Gasteiger partial charge in [-0.2, -0.15) is 0 Å². The maximum Gasteiger partial charge on any atom is 0.167 e. The highest BCUT2D eigenvalue weighted by atomic mass is 79.9. The Morgan fingerprint density at radius 2 is 2.20 bits per heavy atom. The molecule has 1 unspecified atom stereocenters. The molecule has 0 aliphatic carbocycles. The second-order valence-electron chi connectivity index (χ2n) is 3.66. The van der Waals surface area contributed by atoms with E-state index in [0.717, 1.165) is 17.3 Å². The lowest BCUT2D eigenvalue weighted by atomic mass is 9.95. The normalized spacial score (nSPS) is 12.5. The van der Waals surface area contributed by atoms with Crippen molar-refractivity contribution in [2.24, 2.45) is 5.92 Å². The Bertz CT molecular complexity index is 363. The molecule has 1 nitrogen and oxygen atoms in total. The van der Waals surface area contributed by atoms with E-state index in [4.69, 9.17) is 11.6 Å². The summed E-state index contributed by atoms with van der Waals surface area (Å²) in [7, 11) is 0. The monoisotopic (exact) mass is 288 g/mol. The van der Waals surface area contributed by atoms with Crippen LogP contribution >= 0.6 is 27.5 Å². The Balaban J connectivity index is 2.96. The van der Waals surface area contributed by atoms with Gasteiger partial charge in [-0.25, -0.2) is 0 Å². The highest BCUT2D eigenvalue weighted by Crippen LogP contribution is 2.28. The number of halogens is 2. The molecule has 0 aliphatic rings. The molecule has 0 fully saturated rings. The SMILES string of the molecule is CCCC(C)C(=O)c1cccc(Br)c1Cl. The number of hydrogen-bond donors (Lipinski definition) is 0. The Labute approximate surface area is 104 Å². The molecule has 0 aliphatic heterocycles. The highest BCUT2D eigenvalue weighted by molar-refractivity contribution is 9.10. The fourth-order valence-electron chi connectivity index (χ4n) is 1.52. The summed E-state index contributed by atoms with van der Waals surface area (Å²) in [6.45, 7) is 4.02. The lowest BCUT2D eigenvalue weighted by molar-refractivity contribution is 0.0923. The molecule has 0 saturated heterocycles. The van der Waals surface area contributed by atoms with Crippen LogP contribution in [0.2, 0.25) is 5.02 Å². The number of rotatable bonds is 4. The van der Waals surface area contributed by atoms with Crippen LogP contribution in [0, 0.1) is 5.92 Å². The Morgan fingerprint density at radius 1 is 1.53 bits per heavy atom.